The molecule has 0 aliphatic carbocycles. The summed E-state index contributed by atoms with van der Waals surface area (Å²) in [5, 5.41) is 3.83. The van der Waals surface area contributed by atoms with Gasteiger partial charge in [0.05, 0.1) is 10.0 Å². The molecule has 37 heavy (non-hydrogen) atoms. The Morgan fingerprint density at radius 2 is 1.57 bits per heavy atom. The Labute approximate surface area is 229 Å². The van der Waals surface area contributed by atoms with E-state index in [4.69, 9.17) is 27.9 Å². The summed E-state index contributed by atoms with van der Waals surface area (Å²) >= 11 is 12.4. The Balaban J connectivity index is 1.90. The van der Waals surface area contributed by atoms with E-state index in [9.17, 15) is 9.59 Å². The highest BCUT2D eigenvalue weighted by Crippen LogP contribution is 2.24. The van der Waals surface area contributed by atoms with Crippen LogP contribution in [0, 0.1) is 5.92 Å². The Kier molecular flexibility index (Phi) is 10.8. The fourth-order valence-corrected chi connectivity index (χ4v) is 4.18. The van der Waals surface area contributed by atoms with Crippen molar-refractivity contribution in [2.45, 2.75) is 46.2 Å². The number of carbonyl (C=O) groups excluding carboxylic acids is 2. The molecule has 2 amide bonds. The fourth-order valence-electron chi connectivity index (χ4n) is 3.86. The summed E-state index contributed by atoms with van der Waals surface area (Å²) in [4.78, 5) is 28.7. The van der Waals surface area contributed by atoms with E-state index in [0.29, 0.717) is 28.8 Å². The van der Waals surface area contributed by atoms with Crippen LogP contribution < -0.4 is 10.1 Å². The zero-order valence-electron chi connectivity index (χ0n) is 21.5. The molecule has 0 aliphatic heterocycles. The summed E-state index contributed by atoms with van der Waals surface area (Å²) in [6.45, 7) is 6.64. The largest absolute Gasteiger partial charge is 0.484 e. The van der Waals surface area contributed by atoms with Gasteiger partial charge >= 0.3 is 0 Å². The van der Waals surface area contributed by atoms with Gasteiger partial charge in [-0.15, -0.1) is 0 Å². The molecule has 1 atom stereocenters. The van der Waals surface area contributed by atoms with Crippen LogP contribution in [-0.4, -0.2) is 35.9 Å². The Bertz CT molecular complexity index is 1170. The number of nitrogens with one attached hydrogen (secondary N) is 1. The van der Waals surface area contributed by atoms with E-state index in [0.717, 1.165) is 17.5 Å². The highest BCUT2D eigenvalue weighted by Gasteiger charge is 2.31. The van der Waals surface area contributed by atoms with Crippen molar-refractivity contribution in [2.24, 2.45) is 5.92 Å². The number of hydrogen-bond acceptors (Lipinski definition) is 3. The summed E-state index contributed by atoms with van der Waals surface area (Å²) in [5.74, 6) is 0.364. The minimum absolute atomic E-state index is 0.181. The Hall–Kier alpha value is -3.02. The van der Waals surface area contributed by atoms with Gasteiger partial charge in [-0.25, -0.2) is 0 Å². The van der Waals surface area contributed by atoms with Gasteiger partial charge in [-0.3, -0.25) is 9.59 Å². The summed E-state index contributed by atoms with van der Waals surface area (Å²) in [6.07, 6.45) is 1.28. The molecule has 0 aliphatic rings. The normalized spacial score (nSPS) is 11.7. The van der Waals surface area contributed by atoms with Crippen molar-refractivity contribution in [1.29, 1.82) is 0 Å². The molecule has 5 nitrogen and oxygen atoms in total. The second-order valence-corrected chi connectivity index (χ2v) is 10.2. The smallest absolute Gasteiger partial charge is 0.261 e. The third-order valence-corrected chi connectivity index (χ3v) is 6.73. The average Bonchev–Trinajstić information content (AvgIpc) is 2.90. The Morgan fingerprint density at radius 3 is 2.19 bits per heavy atom. The molecule has 0 saturated carbocycles. The van der Waals surface area contributed by atoms with E-state index in [1.165, 1.54) is 5.56 Å². The summed E-state index contributed by atoms with van der Waals surface area (Å²) in [5.41, 5.74) is 2.91. The third kappa shape index (κ3) is 8.80. The standard InChI is InChI=1S/C30H34Cl2N2O3/c1-4-22-10-13-25(14-11-22)37-20-29(35)34(19-24-12-15-26(31)27(32)16-24)28(30(36)33-18-21(2)3)17-23-8-6-5-7-9-23/h5-16,21,28H,4,17-20H2,1-3H3,(H,33,36)/t28-/m0/s1. The van der Waals surface area contributed by atoms with Gasteiger partial charge in [-0.05, 0) is 53.3 Å². The van der Waals surface area contributed by atoms with Crippen LogP contribution in [0.2, 0.25) is 10.0 Å². The fraction of sp³-hybridized carbons (Fsp3) is 0.333. The van der Waals surface area contributed by atoms with Gasteiger partial charge < -0.3 is 15.0 Å². The molecule has 3 aromatic carbocycles. The first-order chi connectivity index (χ1) is 17.8. The zero-order chi connectivity index (χ0) is 26.8. The molecule has 3 aromatic rings. The van der Waals surface area contributed by atoms with Crippen molar-refractivity contribution in [1.82, 2.24) is 10.2 Å². The van der Waals surface area contributed by atoms with E-state index >= 15 is 0 Å². The van der Waals surface area contributed by atoms with Gasteiger partial charge in [-0.1, -0.05) is 92.5 Å². The number of ether oxygens (including phenoxy) is 1. The van der Waals surface area contributed by atoms with Crippen LogP contribution in [0.25, 0.3) is 0 Å². The molecule has 0 spiro atoms. The van der Waals surface area contributed by atoms with Crippen molar-refractivity contribution in [3.63, 3.8) is 0 Å². The van der Waals surface area contributed by atoms with Crippen LogP contribution in [-0.2, 0) is 29.0 Å². The number of nitrogens with zero attached hydrogens (tertiary/aromatic N) is 1. The minimum Gasteiger partial charge on any atom is -0.484 e. The van der Waals surface area contributed by atoms with Crippen molar-refractivity contribution < 1.29 is 14.3 Å². The number of halogens is 2. The maximum absolute atomic E-state index is 13.6. The maximum atomic E-state index is 13.6. The molecule has 7 heteroatoms. The van der Waals surface area contributed by atoms with Crippen LogP contribution in [0.3, 0.4) is 0 Å². The first kappa shape index (κ1) is 28.5. The number of benzene rings is 3. The Morgan fingerprint density at radius 1 is 0.892 bits per heavy atom. The summed E-state index contributed by atoms with van der Waals surface area (Å²) < 4.78 is 5.84. The van der Waals surface area contributed by atoms with E-state index in [1.807, 2.05) is 74.5 Å². The predicted molar refractivity (Wildman–Crippen MR) is 150 cm³/mol. The molecule has 0 saturated heterocycles. The molecule has 0 bridgehead atoms. The molecule has 0 aromatic heterocycles. The number of aryl methyl sites for hydroxylation is 1. The maximum Gasteiger partial charge on any atom is 0.261 e. The average molecular weight is 542 g/mol. The zero-order valence-corrected chi connectivity index (χ0v) is 23.1. The molecule has 196 valence electrons. The van der Waals surface area contributed by atoms with Gasteiger partial charge in [-0.2, -0.15) is 0 Å². The van der Waals surface area contributed by atoms with Gasteiger partial charge in [0.15, 0.2) is 6.61 Å². The highest BCUT2D eigenvalue weighted by molar-refractivity contribution is 6.42. The quantitative estimate of drug-likeness (QED) is 0.291. The van der Waals surface area contributed by atoms with Crippen LogP contribution >= 0.6 is 23.2 Å². The second kappa shape index (κ2) is 14.1. The number of carbonyl (C=O) groups is 2. The molecule has 0 heterocycles. The van der Waals surface area contributed by atoms with Gasteiger partial charge in [0, 0.05) is 19.5 Å². The SMILES string of the molecule is CCc1ccc(OCC(=O)N(Cc2ccc(Cl)c(Cl)c2)[C@@H](Cc2ccccc2)C(=O)NCC(C)C)cc1. The number of hydrogen-bond donors (Lipinski definition) is 1. The lowest BCUT2D eigenvalue weighted by Gasteiger charge is -2.31. The first-order valence-electron chi connectivity index (χ1n) is 12.5. The molecule has 1 N–H and O–H groups in total. The first-order valence-corrected chi connectivity index (χ1v) is 13.3. The second-order valence-electron chi connectivity index (χ2n) is 9.40. The third-order valence-electron chi connectivity index (χ3n) is 5.99. The van der Waals surface area contributed by atoms with E-state index < -0.39 is 6.04 Å². The number of rotatable bonds is 12. The molecular weight excluding hydrogens is 507 g/mol. The topological polar surface area (TPSA) is 58.6 Å². The van der Waals surface area contributed by atoms with Crippen LogP contribution in [0.15, 0.2) is 72.8 Å². The van der Waals surface area contributed by atoms with Crippen LogP contribution in [0.5, 0.6) is 5.75 Å². The monoisotopic (exact) mass is 540 g/mol. The van der Waals surface area contributed by atoms with E-state index in [2.05, 4.69) is 12.2 Å². The molecule has 0 fully saturated rings. The van der Waals surface area contributed by atoms with E-state index in [-0.39, 0.29) is 30.9 Å². The van der Waals surface area contributed by atoms with Crippen molar-refractivity contribution in [2.75, 3.05) is 13.2 Å². The van der Waals surface area contributed by atoms with Gasteiger partial charge in [0.1, 0.15) is 11.8 Å². The van der Waals surface area contributed by atoms with Crippen molar-refractivity contribution in [3.05, 3.63) is 99.5 Å². The van der Waals surface area contributed by atoms with Crippen LogP contribution in [0.1, 0.15) is 37.5 Å². The minimum atomic E-state index is -0.742. The molecule has 3 rings (SSSR count). The lowest BCUT2D eigenvalue weighted by atomic mass is 10.0. The molecule has 0 radical (unpaired) electrons. The van der Waals surface area contributed by atoms with Gasteiger partial charge in [0.2, 0.25) is 5.91 Å². The number of amides is 2. The summed E-state index contributed by atoms with van der Waals surface area (Å²) in [7, 11) is 0. The van der Waals surface area contributed by atoms with Crippen molar-refractivity contribution in [3.8, 4) is 5.75 Å². The van der Waals surface area contributed by atoms with Crippen LogP contribution in [0.4, 0.5) is 0 Å². The van der Waals surface area contributed by atoms with Crippen molar-refractivity contribution >= 4 is 35.0 Å². The lowest BCUT2D eigenvalue weighted by molar-refractivity contribution is -0.142. The van der Waals surface area contributed by atoms with Gasteiger partial charge in [0.25, 0.3) is 5.91 Å². The molecule has 0 unspecified atom stereocenters. The van der Waals surface area contributed by atoms with E-state index in [1.54, 1.807) is 17.0 Å². The predicted octanol–water partition coefficient (Wildman–Crippen LogP) is 6.35. The molecular formula is C30H34Cl2N2O3. The summed E-state index contributed by atoms with van der Waals surface area (Å²) in [6, 6.07) is 21.8. The highest BCUT2D eigenvalue weighted by atomic mass is 35.5. The lowest BCUT2D eigenvalue weighted by Crippen LogP contribution is -2.52.